The molecule has 0 aliphatic rings. The minimum atomic E-state index is -5.13. The number of amides is 1. The van der Waals surface area contributed by atoms with E-state index in [1.54, 1.807) is 5.32 Å². The number of carbonyl (C=O) groups excluding carboxylic acids is 1. The van der Waals surface area contributed by atoms with E-state index >= 15 is 0 Å². The Balaban J connectivity index is 2.51. The molecule has 2 aromatic rings. The molecule has 23 heavy (non-hydrogen) atoms. The van der Waals surface area contributed by atoms with Gasteiger partial charge in [-0.25, -0.2) is 9.18 Å². The average Bonchev–Trinajstić information content (AvgIpc) is 2.46. The first-order valence-electron chi connectivity index (χ1n) is 6.20. The molecule has 0 saturated heterocycles. The van der Waals surface area contributed by atoms with Gasteiger partial charge in [0.1, 0.15) is 5.82 Å². The van der Waals surface area contributed by atoms with Gasteiger partial charge >= 0.3 is 18.1 Å². The van der Waals surface area contributed by atoms with Crippen molar-refractivity contribution in [1.29, 1.82) is 0 Å². The quantitative estimate of drug-likeness (QED) is 0.845. The molecule has 0 radical (unpaired) electrons. The smallest absolute Gasteiger partial charge is 0.471 e. The second-order valence-corrected chi connectivity index (χ2v) is 4.54. The molecule has 8 heteroatoms. The summed E-state index contributed by atoms with van der Waals surface area (Å²) in [6.07, 6.45) is -5.13. The van der Waals surface area contributed by atoms with Gasteiger partial charge in [-0.3, -0.25) is 4.79 Å². The highest BCUT2D eigenvalue weighted by molar-refractivity contribution is 5.98. The fourth-order valence-electron chi connectivity index (χ4n) is 1.88. The largest absolute Gasteiger partial charge is 0.478 e. The number of carbonyl (C=O) groups is 2. The zero-order valence-electron chi connectivity index (χ0n) is 11.3. The summed E-state index contributed by atoms with van der Waals surface area (Å²) in [6, 6.07) is 8.38. The Bertz CT molecular complexity index is 772. The van der Waals surface area contributed by atoms with E-state index in [0.717, 1.165) is 24.3 Å². The first kappa shape index (κ1) is 16.5. The molecule has 120 valence electrons. The second kappa shape index (κ2) is 6.07. The van der Waals surface area contributed by atoms with E-state index in [2.05, 4.69) is 0 Å². The third kappa shape index (κ3) is 3.85. The van der Waals surface area contributed by atoms with Crippen molar-refractivity contribution in [1.82, 2.24) is 0 Å². The molecule has 0 bridgehead atoms. The zero-order valence-corrected chi connectivity index (χ0v) is 11.3. The molecule has 2 N–H and O–H groups in total. The second-order valence-electron chi connectivity index (χ2n) is 4.54. The number of hydrogen-bond acceptors (Lipinski definition) is 2. The molecule has 0 atom stereocenters. The molecule has 0 unspecified atom stereocenters. The molecule has 0 heterocycles. The lowest BCUT2D eigenvalue weighted by atomic mass is 10.0. The number of hydrogen-bond donors (Lipinski definition) is 2. The Labute approximate surface area is 127 Å². The van der Waals surface area contributed by atoms with Gasteiger partial charge in [-0.2, -0.15) is 13.2 Å². The van der Waals surface area contributed by atoms with Crippen LogP contribution in [0.5, 0.6) is 0 Å². The van der Waals surface area contributed by atoms with E-state index in [0.29, 0.717) is 0 Å². The standard InChI is InChI=1S/C15H9F4NO3/c16-12-4-2-1-3-11(12)8-5-9(13(21)22)7-10(6-8)20-14(23)15(17,18)19/h1-7H,(H,20,23)(H,21,22). The van der Waals surface area contributed by atoms with Crippen LogP contribution in [-0.2, 0) is 4.79 Å². The van der Waals surface area contributed by atoms with Gasteiger partial charge in [0.25, 0.3) is 0 Å². The van der Waals surface area contributed by atoms with E-state index < -0.39 is 29.6 Å². The Morgan fingerprint density at radius 3 is 2.26 bits per heavy atom. The van der Waals surface area contributed by atoms with Gasteiger partial charge in [-0.15, -0.1) is 0 Å². The van der Waals surface area contributed by atoms with E-state index in [4.69, 9.17) is 5.11 Å². The average molecular weight is 327 g/mol. The van der Waals surface area contributed by atoms with Crippen molar-refractivity contribution in [2.45, 2.75) is 6.18 Å². The van der Waals surface area contributed by atoms with Gasteiger partial charge in [0, 0.05) is 11.3 Å². The van der Waals surface area contributed by atoms with Crippen molar-refractivity contribution in [3.05, 3.63) is 53.8 Å². The van der Waals surface area contributed by atoms with Crippen LogP contribution in [0.2, 0.25) is 0 Å². The predicted molar refractivity (Wildman–Crippen MR) is 73.5 cm³/mol. The first-order valence-corrected chi connectivity index (χ1v) is 6.20. The zero-order chi connectivity index (χ0) is 17.2. The third-order valence-electron chi connectivity index (χ3n) is 2.88. The number of anilines is 1. The normalized spacial score (nSPS) is 11.1. The number of nitrogens with one attached hydrogen (secondary N) is 1. The molecule has 4 nitrogen and oxygen atoms in total. The number of carboxylic acid groups (broad SMARTS) is 1. The van der Waals surface area contributed by atoms with Crippen LogP contribution in [0, 0.1) is 5.82 Å². The molecule has 2 rings (SSSR count). The van der Waals surface area contributed by atoms with Crippen LogP contribution in [0.25, 0.3) is 11.1 Å². The number of carboxylic acids is 1. The minimum absolute atomic E-state index is 0.00175. The number of benzene rings is 2. The molecule has 0 spiro atoms. The lowest BCUT2D eigenvalue weighted by Crippen LogP contribution is -2.30. The van der Waals surface area contributed by atoms with Crippen molar-refractivity contribution >= 4 is 17.6 Å². The summed E-state index contributed by atoms with van der Waals surface area (Å²) in [7, 11) is 0. The summed E-state index contributed by atoms with van der Waals surface area (Å²) in [5, 5.41) is 10.6. The highest BCUT2D eigenvalue weighted by Gasteiger charge is 2.38. The van der Waals surface area contributed by atoms with Crippen LogP contribution < -0.4 is 5.32 Å². The summed E-state index contributed by atoms with van der Waals surface area (Å²) in [4.78, 5) is 22.0. The lowest BCUT2D eigenvalue weighted by molar-refractivity contribution is -0.167. The minimum Gasteiger partial charge on any atom is -0.478 e. The maximum absolute atomic E-state index is 13.8. The van der Waals surface area contributed by atoms with Crippen LogP contribution in [0.1, 0.15) is 10.4 Å². The number of aromatic carboxylic acids is 1. The number of halogens is 4. The van der Waals surface area contributed by atoms with Gasteiger partial charge in [0.15, 0.2) is 0 Å². The predicted octanol–water partition coefficient (Wildman–Crippen LogP) is 3.69. The Morgan fingerprint density at radius 2 is 1.70 bits per heavy atom. The van der Waals surface area contributed by atoms with Crippen molar-refractivity contribution in [2.24, 2.45) is 0 Å². The lowest BCUT2D eigenvalue weighted by Gasteiger charge is -2.11. The molecular weight excluding hydrogens is 318 g/mol. The monoisotopic (exact) mass is 327 g/mol. The highest BCUT2D eigenvalue weighted by atomic mass is 19.4. The summed E-state index contributed by atoms with van der Waals surface area (Å²) in [5.41, 5.74) is -0.757. The summed E-state index contributed by atoms with van der Waals surface area (Å²) in [5.74, 6) is -4.35. The van der Waals surface area contributed by atoms with Crippen LogP contribution in [0.15, 0.2) is 42.5 Å². The topological polar surface area (TPSA) is 66.4 Å². The van der Waals surface area contributed by atoms with Crippen molar-refractivity contribution in [3.63, 3.8) is 0 Å². The van der Waals surface area contributed by atoms with E-state index in [1.807, 2.05) is 0 Å². The maximum atomic E-state index is 13.8. The summed E-state index contributed by atoms with van der Waals surface area (Å²) in [6.45, 7) is 0. The van der Waals surface area contributed by atoms with Crippen LogP contribution >= 0.6 is 0 Å². The Hall–Kier alpha value is -2.90. The van der Waals surface area contributed by atoms with Crippen molar-refractivity contribution < 1.29 is 32.3 Å². The van der Waals surface area contributed by atoms with Crippen LogP contribution in [0.4, 0.5) is 23.2 Å². The Morgan fingerprint density at radius 1 is 1.04 bits per heavy atom. The fourth-order valence-corrected chi connectivity index (χ4v) is 1.88. The first-order chi connectivity index (χ1) is 10.7. The maximum Gasteiger partial charge on any atom is 0.471 e. The molecule has 0 aliphatic heterocycles. The van der Waals surface area contributed by atoms with Gasteiger partial charge in [-0.1, -0.05) is 18.2 Å². The van der Waals surface area contributed by atoms with Gasteiger partial charge in [0.05, 0.1) is 5.56 Å². The highest BCUT2D eigenvalue weighted by Crippen LogP contribution is 2.28. The summed E-state index contributed by atoms with van der Waals surface area (Å²) >= 11 is 0. The summed E-state index contributed by atoms with van der Waals surface area (Å²) < 4.78 is 50.7. The molecule has 1 amide bonds. The van der Waals surface area contributed by atoms with E-state index in [1.165, 1.54) is 18.2 Å². The van der Waals surface area contributed by atoms with Crippen LogP contribution in [-0.4, -0.2) is 23.2 Å². The Kier molecular flexibility index (Phi) is 4.35. The van der Waals surface area contributed by atoms with Gasteiger partial charge < -0.3 is 10.4 Å². The van der Waals surface area contributed by atoms with Crippen molar-refractivity contribution in [3.8, 4) is 11.1 Å². The fraction of sp³-hybridized carbons (Fsp3) is 0.0667. The van der Waals surface area contributed by atoms with E-state index in [-0.39, 0.29) is 16.7 Å². The van der Waals surface area contributed by atoms with Gasteiger partial charge in [-0.05, 0) is 29.8 Å². The SMILES string of the molecule is O=C(O)c1cc(NC(=O)C(F)(F)F)cc(-c2ccccc2F)c1. The van der Waals surface area contributed by atoms with Gasteiger partial charge in [0.2, 0.25) is 0 Å². The number of rotatable bonds is 3. The molecule has 0 fully saturated rings. The van der Waals surface area contributed by atoms with E-state index in [9.17, 15) is 27.2 Å². The third-order valence-corrected chi connectivity index (χ3v) is 2.88. The molecule has 0 aliphatic carbocycles. The molecule has 2 aromatic carbocycles. The number of alkyl halides is 3. The molecule has 0 aromatic heterocycles. The molecular formula is C15H9F4NO3. The van der Waals surface area contributed by atoms with Crippen molar-refractivity contribution in [2.75, 3.05) is 5.32 Å². The molecule has 0 saturated carbocycles. The van der Waals surface area contributed by atoms with Crippen LogP contribution in [0.3, 0.4) is 0 Å².